The van der Waals surface area contributed by atoms with Crippen molar-refractivity contribution in [2.75, 3.05) is 0 Å². The van der Waals surface area contributed by atoms with Gasteiger partial charge in [0, 0.05) is 17.0 Å². The molecule has 3 heterocycles. The number of nitro groups is 1. The lowest BCUT2D eigenvalue weighted by atomic mass is 9.96. The summed E-state index contributed by atoms with van der Waals surface area (Å²) in [5.41, 5.74) is -1.43. The number of carbonyl (C=O) groups is 3. The smallest absolute Gasteiger partial charge is 0.332 e. The number of amides is 2. The summed E-state index contributed by atoms with van der Waals surface area (Å²) in [4.78, 5) is 58.6. The van der Waals surface area contributed by atoms with Gasteiger partial charge in [-0.3, -0.25) is 24.5 Å². The fraction of sp³-hybridized carbons (Fsp3) is 0.467. The Hall–Kier alpha value is -2.89. The van der Waals surface area contributed by atoms with Crippen LogP contribution >= 0.6 is 11.8 Å². The minimum atomic E-state index is -1.10. The number of aromatic nitrogens is 1. The van der Waals surface area contributed by atoms with E-state index in [1.165, 1.54) is 27.4 Å². The van der Waals surface area contributed by atoms with Crippen molar-refractivity contribution in [2.45, 2.75) is 42.6 Å². The molecular weight excluding hydrogens is 380 g/mol. The van der Waals surface area contributed by atoms with Gasteiger partial charge in [0.1, 0.15) is 24.0 Å². The van der Waals surface area contributed by atoms with E-state index in [9.17, 15) is 34.4 Å². The maximum atomic E-state index is 12.3. The highest BCUT2D eigenvalue weighted by atomic mass is 32.2. The van der Waals surface area contributed by atoms with Crippen LogP contribution in [-0.2, 0) is 20.9 Å². The summed E-state index contributed by atoms with van der Waals surface area (Å²) in [5, 5.41) is 22.2. The van der Waals surface area contributed by atoms with E-state index < -0.39 is 56.0 Å². The molecule has 3 rings (SSSR count). The van der Waals surface area contributed by atoms with Gasteiger partial charge in [-0.05, 0) is 13.8 Å². The highest BCUT2D eigenvalue weighted by molar-refractivity contribution is 8.01. The predicted molar refractivity (Wildman–Crippen MR) is 93.0 cm³/mol. The number of hydrogen-bond donors (Lipinski definition) is 2. The molecular formula is C15H16N4O7S. The van der Waals surface area contributed by atoms with Crippen molar-refractivity contribution in [3.05, 3.63) is 38.8 Å². The second kappa shape index (κ2) is 6.37. The second-order valence-corrected chi connectivity index (χ2v) is 8.54. The Balaban J connectivity index is 1.69. The Labute approximate surface area is 156 Å². The van der Waals surface area contributed by atoms with Crippen molar-refractivity contribution in [3.8, 4) is 0 Å². The standard InChI is InChI=1S/C15H16N4O7S/c1-15(2)11(14(23)24)18-12(22)10(13(18)27-15)16-9(21)6-17-4-3-8(20)7(5-17)19(25)26/h3-5,10-11,13H,6H2,1-2H3,(H,16,21)(H,23,24)/t10-,11+,13-/m1/s1. The van der Waals surface area contributed by atoms with Crippen LogP contribution < -0.4 is 10.7 Å². The van der Waals surface area contributed by atoms with E-state index in [-0.39, 0.29) is 6.54 Å². The van der Waals surface area contributed by atoms with Gasteiger partial charge in [0.2, 0.25) is 11.8 Å². The molecule has 12 heteroatoms. The Morgan fingerprint density at radius 2 is 2.07 bits per heavy atom. The molecule has 2 aliphatic heterocycles. The number of nitrogens with one attached hydrogen (secondary N) is 1. The number of fused-ring (bicyclic) bond motifs is 1. The van der Waals surface area contributed by atoms with Crippen LogP contribution in [0.1, 0.15) is 13.8 Å². The number of hydrogen-bond acceptors (Lipinski definition) is 7. The average Bonchev–Trinajstić information content (AvgIpc) is 2.82. The van der Waals surface area contributed by atoms with Crippen molar-refractivity contribution in [1.82, 2.24) is 14.8 Å². The zero-order valence-corrected chi connectivity index (χ0v) is 15.1. The lowest BCUT2D eigenvalue weighted by molar-refractivity contribution is -0.386. The largest absolute Gasteiger partial charge is 0.480 e. The van der Waals surface area contributed by atoms with Gasteiger partial charge < -0.3 is 19.9 Å². The van der Waals surface area contributed by atoms with E-state index in [0.29, 0.717) is 0 Å². The summed E-state index contributed by atoms with van der Waals surface area (Å²) in [7, 11) is 0. The summed E-state index contributed by atoms with van der Waals surface area (Å²) in [6.07, 6.45) is 2.18. The minimum Gasteiger partial charge on any atom is -0.480 e. The van der Waals surface area contributed by atoms with E-state index in [4.69, 9.17) is 0 Å². The highest BCUT2D eigenvalue weighted by Gasteiger charge is 2.64. The first-order chi connectivity index (χ1) is 12.5. The first-order valence-electron chi connectivity index (χ1n) is 7.89. The SMILES string of the molecule is CC1(C)S[C@@H]2[C@H](NC(=O)Cn3ccc(=O)c([N+](=O)[O-])c3)C(=O)N2[C@H]1C(=O)O. The van der Waals surface area contributed by atoms with Crippen molar-refractivity contribution in [1.29, 1.82) is 0 Å². The number of carboxylic acid groups (broad SMARTS) is 1. The van der Waals surface area contributed by atoms with Gasteiger partial charge in [0.25, 0.3) is 5.43 Å². The maximum Gasteiger partial charge on any atom is 0.332 e. The zero-order valence-electron chi connectivity index (χ0n) is 14.3. The Kier molecular flexibility index (Phi) is 4.46. The third-order valence-electron chi connectivity index (χ3n) is 4.47. The molecule has 144 valence electrons. The van der Waals surface area contributed by atoms with Crippen molar-refractivity contribution >= 4 is 35.2 Å². The van der Waals surface area contributed by atoms with E-state index >= 15 is 0 Å². The Bertz CT molecular complexity index is 912. The third kappa shape index (κ3) is 3.16. The number of thioether (sulfide) groups is 1. The topological polar surface area (TPSA) is 152 Å². The minimum absolute atomic E-state index is 0.325. The van der Waals surface area contributed by atoms with Crippen LogP contribution in [0.4, 0.5) is 5.69 Å². The predicted octanol–water partition coefficient (Wildman–Crippen LogP) is -0.612. The van der Waals surface area contributed by atoms with Crippen molar-refractivity contribution in [3.63, 3.8) is 0 Å². The van der Waals surface area contributed by atoms with E-state index in [2.05, 4.69) is 5.32 Å². The zero-order chi connectivity index (χ0) is 20.1. The summed E-state index contributed by atoms with van der Waals surface area (Å²) in [6, 6.07) is -0.857. The Morgan fingerprint density at radius 1 is 1.41 bits per heavy atom. The van der Waals surface area contributed by atoms with Crippen molar-refractivity contribution < 1.29 is 24.4 Å². The van der Waals surface area contributed by atoms with Gasteiger partial charge in [-0.15, -0.1) is 11.8 Å². The quantitative estimate of drug-likeness (QED) is 0.380. The van der Waals surface area contributed by atoms with Crippen LogP contribution in [0.25, 0.3) is 0 Å². The van der Waals surface area contributed by atoms with Crippen LogP contribution in [0.5, 0.6) is 0 Å². The number of nitrogens with zero attached hydrogens (tertiary/aromatic N) is 3. The first kappa shape index (κ1) is 18.9. The highest BCUT2D eigenvalue weighted by Crippen LogP contribution is 2.50. The first-order valence-corrected chi connectivity index (χ1v) is 8.77. The van der Waals surface area contributed by atoms with Gasteiger partial charge in [-0.25, -0.2) is 4.79 Å². The summed E-state index contributed by atoms with van der Waals surface area (Å²) < 4.78 is 0.465. The molecule has 0 saturated carbocycles. The molecule has 0 aromatic carbocycles. The second-order valence-electron chi connectivity index (χ2n) is 6.77. The molecule has 0 aliphatic carbocycles. The number of β-lactam (4-membered cyclic amide) rings is 1. The molecule has 27 heavy (non-hydrogen) atoms. The molecule has 1 aromatic rings. The van der Waals surface area contributed by atoms with Crippen LogP contribution in [0.2, 0.25) is 0 Å². The van der Waals surface area contributed by atoms with Crippen LogP contribution in [0.15, 0.2) is 23.3 Å². The number of pyridine rings is 1. The molecule has 3 atom stereocenters. The van der Waals surface area contributed by atoms with Crippen molar-refractivity contribution in [2.24, 2.45) is 0 Å². The van der Waals surface area contributed by atoms with Crippen LogP contribution in [-0.4, -0.2) is 59.5 Å². The molecule has 2 N–H and O–H groups in total. The lowest BCUT2D eigenvalue weighted by Crippen LogP contribution is -2.70. The van der Waals surface area contributed by atoms with E-state index in [1.807, 2.05) is 0 Å². The summed E-state index contributed by atoms with van der Waals surface area (Å²) in [5.74, 6) is -2.17. The number of rotatable bonds is 5. The molecule has 1 aromatic heterocycles. The fourth-order valence-corrected chi connectivity index (χ4v) is 4.90. The number of carboxylic acids is 1. The molecule has 0 spiro atoms. The van der Waals surface area contributed by atoms with Gasteiger partial charge in [0.15, 0.2) is 0 Å². The van der Waals surface area contributed by atoms with Crippen LogP contribution in [0, 0.1) is 10.1 Å². The molecule has 11 nitrogen and oxygen atoms in total. The molecule has 2 amide bonds. The molecule has 0 bridgehead atoms. The van der Waals surface area contributed by atoms with Gasteiger partial charge in [-0.1, -0.05) is 0 Å². The summed E-state index contributed by atoms with van der Waals surface area (Å²) >= 11 is 1.29. The molecule has 0 radical (unpaired) electrons. The number of aliphatic carboxylic acids is 1. The van der Waals surface area contributed by atoms with E-state index in [0.717, 1.165) is 12.3 Å². The molecule has 2 fully saturated rings. The molecule has 2 aliphatic rings. The van der Waals surface area contributed by atoms with E-state index in [1.54, 1.807) is 13.8 Å². The number of carbonyl (C=O) groups excluding carboxylic acids is 2. The lowest BCUT2D eigenvalue weighted by Gasteiger charge is -2.43. The normalized spacial score (nSPS) is 25.5. The monoisotopic (exact) mass is 396 g/mol. The Morgan fingerprint density at radius 3 is 2.67 bits per heavy atom. The van der Waals surface area contributed by atoms with Gasteiger partial charge in [-0.2, -0.15) is 0 Å². The molecule has 2 saturated heterocycles. The third-order valence-corrected chi connectivity index (χ3v) is 6.04. The summed E-state index contributed by atoms with van der Waals surface area (Å²) in [6.45, 7) is 3.12. The van der Waals surface area contributed by atoms with Gasteiger partial charge in [0.05, 0.1) is 11.1 Å². The molecule has 0 unspecified atom stereocenters. The van der Waals surface area contributed by atoms with Crippen LogP contribution in [0.3, 0.4) is 0 Å². The maximum absolute atomic E-state index is 12.3. The fourth-order valence-electron chi connectivity index (χ4n) is 3.28. The average molecular weight is 396 g/mol. The van der Waals surface area contributed by atoms with Gasteiger partial charge >= 0.3 is 11.7 Å².